The van der Waals surface area contributed by atoms with Crippen LogP contribution in [-0.2, 0) is 27.6 Å². The van der Waals surface area contributed by atoms with Crippen molar-refractivity contribution in [3.63, 3.8) is 0 Å². The number of hydrogen-bond acceptors (Lipinski definition) is 6. The van der Waals surface area contributed by atoms with Crippen LogP contribution in [0.15, 0.2) is 53.4 Å². The number of benzene rings is 2. The number of anilines is 2. The summed E-state index contributed by atoms with van der Waals surface area (Å²) in [5.41, 5.74) is 1.39. The number of rotatable bonds is 6. The van der Waals surface area contributed by atoms with Crippen molar-refractivity contribution in [2.45, 2.75) is 30.6 Å². The number of carbonyl (C=O) groups is 2. The molecule has 0 saturated heterocycles. The normalized spacial score (nSPS) is 13.2. The number of esters is 1. The van der Waals surface area contributed by atoms with Gasteiger partial charge in [-0.15, -0.1) is 11.3 Å². The first-order valence-electron chi connectivity index (χ1n) is 10.2. The van der Waals surface area contributed by atoms with Crippen LogP contribution in [0.1, 0.15) is 44.0 Å². The predicted molar refractivity (Wildman–Crippen MR) is 124 cm³/mol. The van der Waals surface area contributed by atoms with E-state index >= 15 is 0 Å². The summed E-state index contributed by atoms with van der Waals surface area (Å²) in [5.74, 6) is -1.65. The Kier molecular flexibility index (Phi) is 6.48. The molecule has 0 saturated carbocycles. The average Bonchev–Trinajstić information content (AvgIpc) is 3.16. The van der Waals surface area contributed by atoms with Crippen LogP contribution in [0.3, 0.4) is 0 Å². The summed E-state index contributed by atoms with van der Waals surface area (Å²) < 4.78 is 46.0. The van der Waals surface area contributed by atoms with Gasteiger partial charge in [-0.1, -0.05) is 12.1 Å². The van der Waals surface area contributed by atoms with Crippen molar-refractivity contribution in [2.75, 3.05) is 17.1 Å². The lowest BCUT2D eigenvalue weighted by molar-refractivity contribution is 0.0601. The van der Waals surface area contributed by atoms with Gasteiger partial charge in [-0.3, -0.25) is 9.52 Å². The fraction of sp³-hybridized carbons (Fsp3) is 0.217. The Labute approximate surface area is 194 Å². The molecule has 2 N–H and O–H groups in total. The fourth-order valence-electron chi connectivity index (χ4n) is 3.73. The minimum absolute atomic E-state index is 0.0558. The molecule has 0 fully saturated rings. The highest BCUT2D eigenvalue weighted by molar-refractivity contribution is 7.92. The van der Waals surface area contributed by atoms with Crippen LogP contribution in [0, 0.1) is 5.82 Å². The van der Waals surface area contributed by atoms with Gasteiger partial charge in [0.2, 0.25) is 0 Å². The van der Waals surface area contributed by atoms with Crippen molar-refractivity contribution < 1.29 is 27.1 Å². The monoisotopic (exact) mass is 488 g/mol. The largest absolute Gasteiger partial charge is 0.465 e. The molecule has 0 spiro atoms. The number of sulfonamides is 1. The second-order valence-corrected chi connectivity index (χ2v) is 10.3. The molecule has 7 nitrogen and oxygen atoms in total. The summed E-state index contributed by atoms with van der Waals surface area (Å²) in [5, 5.41) is 3.15. The lowest BCUT2D eigenvalue weighted by Crippen LogP contribution is -2.19. The number of carbonyl (C=O) groups excluding carboxylic acids is 2. The van der Waals surface area contributed by atoms with E-state index in [-0.39, 0.29) is 16.1 Å². The number of thiophene rings is 1. The predicted octanol–water partition coefficient (Wildman–Crippen LogP) is 4.61. The van der Waals surface area contributed by atoms with Crippen molar-refractivity contribution in [2.24, 2.45) is 0 Å². The first-order chi connectivity index (χ1) is 15.8. The van der Waals surface area contributed by atoms with E-state index in [1.165, 1.54) is 30.6 Å². The van der Waals surface area contributed by atoms with Crippen LogP contribution in [0.5, 0.6) is 0 Å². The van der Waals surface area contributed by atoms with Gasteiger partial charge >= 0.3 is 5.97 Å². The third-order valence-electron chi connectivity index (χ3n) is 5.33. The van der Waals surface area contributed by atoms with Crippen molar-refractivity contribution in [3.05, 3.63) is 75.9 Å². The number of ether oxygens (including phenoxy) is 1. The molecule has 3 aromatic rings. The van der Waals surface area contributed by atoms with E-state index in [1.807, 2.05) is 0 Å². The molecule has 4 rings (SSSR count). The highest BCUT2D eigenvalue weighted by atomic mass is 32.2. The van der Waals surface area contributed by atoms with Gasteiger partial charge in [-0.25, -0.2) is 17.6 Å². The quantitative estimate of drug-likeness (QED) is 0.494. The molecular weight excluding hydrogens is 467 g/mol. The SMILES string of the molecule is COC(=O)c1c(NC(=O)c2ccccc2NS(=O)(=O)c2ccc(F)cc2)sc2c1CCCC2. The van der Waals surface area contributed by atoms with Gasteiger partial charge in [-0.2, -0.15) is 0 Å². The second-order valence-electron chi connectivity index (χ2n) is 7.47. The molecule has 1 amide bonds. The number of methoxy groups -OCH3 is 1. The Hall–Kier alpha value is -3.24. The summed E-state index contributed by atoms with van der Waals surface area (Å²) in [4.78, 5) is 26.5. The Morgan fingerprint density at radius 1 is 1.03 bits per heavy atom. The number of para-hydroxylation sites is 1. The second kappa shape index (κ2) is 9.32. The number of hydrogen-bond donors (Lipinski definition) is 2. The minimum Gasteiger partial charge on any atom is -0.465 e. The minimum atomic E-state index is -4.05. The first kappa shape index (κ1) is 22.9. The van der Waals surface area contributed by atoms with E-state index in [0.717, 1.165) is 60.4 Å². The molecule has 10 heteroatoms. The topological polar surface area (TPSA) is 102 Å². The maximum atomic E-state index is 13.2. The van der Waals surface area contributed by atoms with E-state index in [0.29, 0.717) is 10.6 Å². The highest BCUT2D eigenvalue weighted by Crippen LogP contribution is 2.39. The van der Waals surface area contributed by atoms with Crippen molar-refractivity contribution in [3.8, 4) is 0 Å². The molecular formula is C23H21FN2O5S2. The number of nitrogens with one attached hydrogen (secondary N) is 2. The van der Waals surface area contributed by atoms with E-state index < -0.39 is 27.7 Å². The molecule has 1 aromatic heterocycles. The van der Waals surface area contributed by atoms with E-state index in [1.54, 1.807) is 12.1 Å². The van der Waals surface area contributed by atoms with E-state index in [2.05, 4.69) is 10.0 Å². The van der Waals surface area contributed by atoms with Crippen LogP contribution >= 0.6 is 11.3 Å². The van der Waals surface area contributed by atoms with Gasteiger partial charge in [0.25, 0.3) is 15.9 Å². The number of aryl methyl sites for hydroxylation is 1. The van der Waals surface area contributed by atoms with Crippen LogP contribution in [-0.4, -0.2) is 27.4 Å². The third kappa shape index (κ3) is 4.76. The molecule has 0 bridgehead atoms. The molecule has 2 aromatic carbocycles. The van der Waals surface area contributed by atoms with Gasteiger partial charge in [0.1, 0.15) is 10.8 Å². The van der Waals surface area contributed by atoms with Crippen molar-refractivity contribution in [1.29, 1.82) is 0 Å². The molecule has 1 aliphatic rings. The Morgan fingerprint density at radius 2 is 1.73 bits per heavy atom. The number of amides is 1. The molecule has 172 valence electrons. The van der Waals surface area contributed by atoms with Gasteiger partial charge in [-0.05, 0) is 67.6 Å². The molecule has 0 aliphatic heterocycles. The molecule has 0 unspecified atom stereocenters. The van der Waals surface area contributed by atoms with Gasteiger partial charge in [0, 0.05) is 4.88 Å². The summed E-state index contributed by atoms with van der Waals surface area (Å²) in [6.45, 7) is 0. The first-order valence-corrected chi connectivity index (χ1v) is 12.5. The highest BCUT2D eigenvalue weighted by Gasteiger charge is 2.28. The Balaban J connectivity index is 1.64. The van der Waals surface area contributed by atoms with Crippen LogP contribution < -0.4 is 10.0 Å². The zero-order chi connectivity index (χ0) is 23.6. The van der Waals surface area contributed by atoms with Gasteiger partial charge in [0.15, 0.2) is 0 Å². The van der Waals surface area contributed by atoms with Gasteiger partial charge < -0.3 is 10.1 Å². The fourth-order valence-corrected chi connectivity index (χ4v) is 6.08. The molecule has 0 radical (unpaired) electrons. The molecule has 1 heterocycles. The van der Waals surface area contributed by atoms with E-state index in [4.69, 9.17) is 4.74 Å². The lowest BCUT2D eigenvalue weighted by atomic mass is 9.95. The maximum Gasteiger partial charge on any atom is 0.341 e. The smallest absolute Gasteiger partial charge is 0.341 e. The number of halogens is 1. The summed E-state index contributed by atoms with van der Waals surface area (Å²) >= 11 is 1.34. The number of fused-ring (bicyclic) bond motifs is 1. The zero-order valence-corrected chi connectivity index (χ0v) is 19.3. The maximum absolute atomic E-state index is 13.2. The Bertz CT molecular complexity index is 1320. The Morgan fingerprint density at radius 3 is 2.45 bits per heavy atom. The summed E-state index contributed by atoms with van der Waals surface area (Å²) in [6, 6.07) is 10.5. The van der Waals surface area contributed by atoms with E-state index in [9.17, 15) is 22.4 Å². The summed E-state index contributed by atoms with van der Waals surface area (Å²) in [7, 11) is -2.76. The summed E-state index contributed by atoms with van der Waals surface area (Å²) in [6.07, 6.45) is 3.53. The van der Waals surface area contributed by atoms with Crippen molar-refractivity contribution >= 4 is 43.9 Å². The van der Waals surface area contributed by atoms with Crippen molar-refractivity contribution in [1.82, 2.24) is 0 Å². The zero-order valence-electron chi connectivity index (χ0n) is 17.7. The third-order valence-corrected chi connectivity index (χ3v) is 7.92. The standard InChI is InChI=1S/C23H21FN2O5S2/c1-31-23(28)20-17-7-3-5-9-19(17)32-22(20)25-21(27)16-6-2-4-8-18(16)26-33(29,30)15-12-10-14(24)11-13-15/h2,4,6,8,10-13,26H,3,5,7,9H2,1H3,(H,25,27). The van der Waals surface area contributed by atoms with Crippen LogP contribution in [0.4, 0.5) is 15.1 Å². The van der Waals surface area contributed by atoms with Crippen LogP contribution in [0.25, 0.3) is 0 Å². The lowest BCUT2D eigenvalue weighted by Gasteiger charge is -2.13. The average molecular weight is 489 g/mol. The molecule has 0 atom stereocenters. The molecule has 1 aliphatic carbocycles. The van der Waals surface area contributed by atoms with Gasteiger partial charge in [0.05, 0.1) is 28.8 Å². The van der Waals surface area contributed by atoms with Crippen LogP contribution in [0.2, 0.25) is 0 Å². The molecule has 33 heavy (non-hydrogen) atoms.